The third-order valence-electron chi connectivity index (χ3n) is 3.08. The lowest BCUT2D eigenvalue weighted by Gasteiger charge is -2.48. The molecule has 0 saturated carbocycles. The standard InChI is InChI=1S/C11H19NO7/c13-3-8-1-12(2-10(15)16)6-11(18-8)7-17-5-9(4-14)19-11/h8-9,13-14H,1-7H2,(H,15,16)/t8-,9-,11+/m1/s1. The number of nitrogens with zero attached hydrogens (tertiary/aromatic N) is 1. The zero-order chi connectivity index (χ0) is 13.9. The third kappa shape index (κ3) is 3.62. The quantitative estimate of drug-likeness (QED) is 0.534. The smallest absolute Gasteiger partial charge is 0.317 e. The van der Waals surface area contributed by atoms with Crippen LogP contribution in [0.2, 0.25) is 0 Å². The maximum atomic E-state index is 10.8. The number of morpholine rings is 1. The Morgan fingerprint density at radius 3 is 2.58 bits per heavy atom. The van der Waals surface area contributed by atoms with Crippen LogP contribution >= 0.6 is 0 Å². The monoisotopic (exact) mass is 277 g/mol. The normalized spacial score (nSPS) is 36.5. The van der Waals surface area contributed by atoms with Crippen molar-refractivity contribution in [2.45, 2.75) is 18.0 Å². The van der Waals surface area contributed by atoms with Crippen LogP contribution in [0.3, 0.4) is 0 Å². The number of hydrogen-bond donors (Lipinski definition) is 3. The summed E-state index contributed by atoms with van der Waals surface area (Å²) in [4.78, 5) is 12.4. The SMILES string of the molecule is O=C(O)CN1C[C@H](CO)O[C@@]2(COC[C@@H](CO)O2)C1. The summed E-state index contributed by atoms with van der Waals surface area (Å²) in [5, 5.41) is 27.2. The van der Waals surface area contributed by atoms with Gasteiger partial charge in [0.15, 0.2) is 0 Å². The maximum absolute atomic E-state index is 10.8. The Bertz CT molecular complexity index is 322. The first-order valence-corrected chi connectivity index (χ1v) is 6.16. The van der Waals surface area contributed by atoms with Crippen LogP contribution in [0.15, 0.2) is 0 Å². The molecule has 2 fully saturated rings. The Kier molecular flexibility index (Phi) is 4.71. The second kappa shape index (κ2) is 6.12. The third-order valence-corrected chi connectivity index (χ3v) is 3.08. The Morgan fingerprint density at radius 1 is 1.26 bits per heavy atom. The number of aliphatic carboxylic acids is 1. The summed E-state index contributed by atoms with van der Waals surface area (Å²) in [6.07, 6.45) is -1.04. The average molecular weight is 277 g/mol. The number of carboxylic acids is 1. The van der Waals surface area contributed by atoms with Crippen LogP contribution in [0.4, 0.5) is 0 Å². The predicted molar refractivity (Wildman–Crippen MR) is 61.5 cm³/mol. The van der Waals surface area contributed by atoms with Crippen molar-refractivity contribution in [1.82, 2.24) is 4.90 Å². The van der Waals surface area contributed by atoms with Gasteiger partial charge in [0.05, 0.1) is 39.0 Å². The molecule has 0 unspecified atom stereocenters. The minimum atomic E-state index is -1.12. The number of aliphatic hydroxyl groups excluding tert-OH is 2. The van der Waals surface area contributed by atoms with Crippen molar-refractivity contribution >= 4 is 5.97 Å². The summed E-state index contributed by atoms with van der Waals surface area (Å²) >= 11 is 0. The first-order valence-electron chi connectivity index (χ1n) is 6.16. The van der Waals surface area contributed by atoms with E-state index in [0.717, 1.165) is 0 Å². The van der Waals surface area contributed by atoms with Crippen molar-refractivity contribution in [2.75, 3.05) is 46.1 Å². The molecule has 19 heavy (non-hydrogen) atoms. The van der Waals surface area contributed by atoms with Gasteiger partial charge in [-0.3, -0.25) is 9.69 Å². The molecule has 0 bridgehead atoms. The van der Waals surface area contributed by atoms with E-state index in [1.807, 2.05) is 0 Å². The van der Waals surface area contributed by atoms with Crippen LogP contribution < -0.4 is 0 Å². The van der Waals surface area contributed by atoms with Crippen LogP contribution in [0.25, 0.3) is 0 Å². The van der Waals surface area contributed by atoms with E-state index >= 15 is 0 Å². The van der Waals surface area contributed by atoms with Crippen molar-refractivity contribution < 1.29 is 34.3 Å². The molecule has 8 heteroatoms. The second-order valence-corrected chi connectivity index (χ2v) is 4.83. The van der Waals surface area contributed by atoms with E-state index in [-0.39, 0.29) is 39.5 Å². The molecule has 0 radical (unpaired) electrons. The molecule has 0 amide bonds. The molecule has 2 aliphatic rings. The van der Waals surface area contributed by atoms with Crippen molar-refractivity contribution in [3.63, 3.8) is 0 Å². The summed E-state index contributed by atoms with van der Waals surface area (Å²) in [5.41, 5.74) is 0. The minimum Gasteiger partial charge on any atom is -0.480 e. The number of ether oxygens (including phenoxy) is 3. The van der Waals surface area contributed by atoms with E-state index in [1.54, 1.807) is 4.90 Å². The molecular formula is C11H19NO7. The summed E-state index contributed by atoms with van der Waals surface area (Å²) < 4.78 is 16.7. The van der Waals surface area contributed by atoms with E-state index in [2.05, 4.69) is 0 Å². The molecule has 2 aliphatic heterocycles. The largest absolute Gasteiger partial charge is 0.480 e. The van der Waals surface area contributed by atoms with E-state index < -0.39 is 24.0 Å². The van der Waals surface area contributed by atoms with Crippen LogP contribution in [0.1, 0.15) is 0 Å². The predicted octanol–water partition coefficient (Wildman–Crippen LogP) is -2.13. The second-order valence-electron chi connectivity index (χ2n) is 4.83. The molecule has 0 aliphatic carbocycles. The van der Waals surface area contributed by atoms with Gasteiger partial charge in [-0.1, -0.05) is 0 Å². The first kappa shape index (κ1) is 14.6. The lowest BCUT2D eigenvalue weighted by molar-refractivity contribution is -0.356. The van der Waals surface area contributed by atoms with Gasteiger partial charge in [0.2, 0.25) is 5.79 Å². The average Bonchev–Trinajstić information content (AvgIpc) is 2.37. The zero-order valence-corrected chi connectivity index (χ0v) is 10.5. The van der Waals surface area contributed by atoms with Gasteiger partial charge in [0.1, 0.15) is 12.7 Å². The fourth-order valence-electron chi connectivity index (χ4n) is 2.43. The van der Waals surface area contributed by atoms with Gasteiger partial charge < -0.3 is 29.5 Å². The molecule has 1 spiro atoms. The van der Waals surface area contributed by atoms with Gasteiger partial charge in [0, 0.05) is 6.54 Å². The van der Waals surface area contributed by atoms with E-state index in [4.69, 9.17) is 24.4 Å². The molecule has 0 aromatic rings. The highest BCUT2D eigenvalue weighted by Crippen LogP contribution is 2.28. The van der Waals surface area contributed by atoms with Gasteiger partial charge in [-0.05, 0) is 0 Å². The lowest BCUT2D eigenvalue weighted by Crippen LogP contribution is -2.64. The molecule has 2 saturated heterocycles. The van der Waals surface area contributed by atoms with Crippen molar-refractivity contribution in [3.8, 4) is 0 Å². The molecular weight excluding hydrogens is 258 g/mol. The fraction of sp³-hybridized carbons (Fsp3) is 0.909. The number of hydrogen-bond acceptors (Lipinski definition) is 7. The Morgan fingerprint density at radius 2 is 1.95 bits per heavy atom. The van der Waals surface area contributed by atoms with Crippen LogP contribution in [0, 0.1) is 0 Å². The van der Waals surface area contributed by atoms with Gasteiger partial charge in [-0.25, -0.2) is 0 Å². The molecule has 0 aromatic carbocycles. The van der Waals surface area contributed by atoms with E-state index in [9.17, 15) is 9.90 Å². The van der Waals surface area contributed by atoms with Gasteiger partial charge >= 0.3 is 5.97 Å². The highest BCUT2D eigenvalue weighted by molar-refractivity contribution is 5.69. The van der Waals surface area contributed by atoms with Crippen LogP contribution in [-0.4, -0.2) is 90.2 Å². The Hall–Kier alpha value is -0.770. The summed E-state index contributed by atoms with van der Waals surface area (Å²) in [6, 6.07) is 0. The summed E-state index contributed by atoms with van der Waals surface area (Å²) in [6.45, 7) is 0.373. The van der Waals surface area contributed by atoms with Crippen molar-refractivity contribution in [3.05, 3.63) is 0 Å². The molecule has 0 aromatic heterocycles. The highest BCUT2D eigenvalue weighted by atomic mass is 16.7. The maximum Gasteiger partial charge on any atom is 0.317 e. The van der Waals surface area contributed by atoms with Gasteiger partial charge in [0.25, 0.3) is 0 Å². The van der Waals surface area contributed by atoms with Crippen molar-refractivity contribution in [1.29, 1.82) is 0 Å². The first-order chi connectivity index (χ1) is 9.07. The molecule has 2 heterocycles. The molecule has 8 nitrogen and oxygen atoms in total. The topological polar surface area (TPSA) is 109 Å². The summed E-state index contributed by atoms with van der Waals surface area (Å²) in [5.74, 6) is -2.07. The van der Waals surface area contributed by atoms with E-state index in [0.29, 0.717) is 6.54 Å². The molecule has 2 rings (SSSR count). The minimum absolute atomic E-state index is 0.149. The van der Waals surface area contributed by atoms with Crippen molar-refractivity contribution in [2.24, 2.45) is 0 Å². The number of carbonyl (C=O) groups is 1. The highest BCUT2D eigenvalue weighted by Gasteiger charge is 2.46. The number of aliphatic hydroxyl groups is 2. The fourth-order valence-corrected chi connectivity index (χ4v) is 2.43. The summed E-state index contributed by atoms with van der Waals surface area (Å²) in [7, 11) is 0. The Labute approximate surface area is 110 Å². The number of carboxylic acid groups (broad SMARTS) is 1. The molecule has 3 N–H and O–H groups in total. The number of rotatable bonds is 4. The van der Waals surface area contributed by atoms with Crippen LogP contribution in [-0.2, 0) is 19.0 Å². The molecule has 110 valence electrons. The zero-order valence-electron chi connectivity index (χ0n) is 10.5. The van der Waals surface area contributed by atoms with E-state index in [1.165, 1.54) is 0 Å². The van der Waals surface area contributed by atoms with Crippen LogP contribution in [0.5, 0.6) is 0 Å². The Balaban J connectivity index is 2.07. The van der Waals surface area contributed by atoms with Gasteiger partial charge in [-0.2, -0.15) is 0 Å². The molecule has 3 atom stereocenters. The van der Waals surface area contributed by atoms with Gasteiger partial charge in [-0.15, -0.1) is 0 Å². The lowest BCUT2D eigenvalue weighted by atomic mass is 10.1.